The zero-order valence-electron chi connectivity index (χ0n) is 10.2. The van der Waals surface area contributed by atoms with Crippen LogP contribution < -0.4 is 5.73 Å². The molecule has 0 atom stereocenters. The topological polar surface area (TPSA) is 65.2 Å². The Balaban J connectivity index is 2.22. The molecule has 0 saturated carbocycles. The summed E-state index contributed by atoms with van der Waals surface area (Å²) in [6, 6.07) is 9.22. The zero-order valence-corrected chi connectivity index (χ0v) is 10.9. The lowest BCUT2D eigenvalue weighted by atomic mass is 10.0. The number of halogens is 1. The first kappa shape index (κ1) is 11.9. The van der Waals surface area contributed by atoms with Crippen LogP contribution in [-0.4, -0.2) is 5.16 Å². The van der Waals surface area contributed by atoms with Crippen LogP contribution in [0.2, 0.25) is 5.02 Å². The molecule has 0 radical (unpaired) electrons. The highest BCUT2D eigenvalue weighted by Crippen LogP contribution is 2.38. The molecule has 2 heterocycles. The zero-order chi connectivity index (χ0) is 13.4. The Morgan fingerprint density at radius 1 is 1.26 bits per heavy atom. The Kier molecular flexibility index (Phi) is 2.80. The van der Waals surface area contributed by atoms with Crippen molar-refractivity contribution in [3.05, 3.63) is 47.4 Å². The second-order valence-corrected chi connectivity index (χ2v) is 4.61. The molecule has 2 N–H and O–H groups in total. The molecule has 0 spiro atoms. The van der Waals surface area contributed by atoms with E-state index in [2.05, 4.69) is 5.16 Å². The number of anilines is 1. The van der Waals surface area contributed by atoms with Gasteiger partial charge < -0.3 is 14.7 Å². The fraction of sp³-hybridized carbons (Fsp3) is 0.0714. The van der Waals surface area contributed by atoms with Crippen molar-refractivity contribution >= 4 is 17.4 Å². The summed E-state index contributed by atoms with van der Waals surface area (Å²) in [5.41, 5.74) is 8.33. The van der Waals surface area contributed by atoms with E-state index >= 15 is 0 Å². The highest BCUT2D eigenvalue weighted by atomic mass is 35.5. The number of hydrogen-bond acceptors (Lipinski definition) is 4. The number of hydrogen-bond donors (Lipinski definition) is 1. The van der Waals surface area contributed by atoms with Crippen molar-refractivity contribution in [2.24, 2.45) is 0 Å². The summed E-state index contributed by atoms with van der Waals surface area (Å²) in [6.45, 7) is 1.86. The van der Waals surface area contributed by atoms with E-state index in [0.29, 0.717) is 16.6 Å². The highest BCUT2D eigenvalue weighted by Gasteiger charge is 2.20. The normalized spacial score (nSPS) is 10.8. The third kappa shape index (κ3) is 2.00. The van der Waals surface area contributed by atoms with Crippen LogP contribution in [-0.2, 0) is 0 Å². The fourth-order valence-electron chi connectivity index (χ4n) is 2.03. The smallest absolute Gasteiger partial charge is 0.180 e. The maximum atomic E-state index is 6.01. The monoisotopic (exact) mass is 274 g/mol. The quantitative estimate of drug-likeness (QED) is 0.762. The molecule has 0 amide bonds. The molecule has 0 unspecified atom stereocenters. The molecule has 96 valence electrons. The van der Waals surface area contributed by atoms with E-state index in [4.69, 9.17) is 26.3 Å². The molecule has 3 aromatic rings. The van der Waals surface area contributed by atoms with Gasteiger partial charge in [0.25, 0.3) is 0 Å². The van der Waals surface area contributed by atoms with E-state index in [0.717, 1.165) is 22.5 Å². The van der Waals surface area contributed by atoms with Crippen LogP contribution in [0.25, 0.3) is 22.5 Å². The summed E-state index contributed by atoms with van der Waals surface area (Å²) in [7, 11) is 0. The second-order valence-electron chi connectivity index (χ2n) is 4.17. The van der Waals surface area contributed by atoms with Gasteiger partial charge in [0.15, 0.2) is 11.6 Å². The number of nitrogen functional groups attached to an aromatic ring is 1. The molecular formula is C14H11ClN2O2. The van der Waals surface area contributed by atoms with E-state index in [1.54, 1.807) is 12.3 Å². The van der Waals surface area contributed by atoms with Crippen molar-refractivity contribution in [2.75, 3.05) is 5.73 Å². The molecule has 1 aromatic carbocycles. The van der Waals surface area contributed by atoms with Crippen molar-refractivity contribution in [3.8, 4) is 22.5 Å². The molecule has 4 nitrogen and oxygen atoms in total. The third-order valence-electron chi connectivity index (χ3n) is 2.94. The van der Waals surface area contributed by atoms with Crippen molar-refractivity contribution in [2.45, 2.75) is 6.92 Å². The van der Waals surface area contributed by atoms with Gasteiger partial charge >= 0.3 is 0 Å². The lowest BCUT2D eigenvalue weighted by Crippen LogP contribution is -1.88. The Hall–Kier alpha value is -2.20. The van der Waals surface area contributed by atoms with E-state index in [9.17, 15) is 0 Å². The second kappa shape index (κ2) is 4.48. The SMILES string of the molecule is Cc1occc1-c1onc(N)c1-c1cccc(Cl)c1. The number of aromatic nitrogens is 1. The molecular weight excluding hydrogens is 264 g/mol. The van der Waals surface area contributed by atoms with Crippen molar-refractivity contribution < 1.29 is 8.94 Å². The molecule has 0 aliphatic carbocycles. The average molecular weight is 275 g/mol. The number of nitrogens with zero attached hydrogens (tertiary/aromatic N) is 1. The lowest BCUT2D eigenvalue weighted by Gasteiger charge is -2.02. The molecule has 0 saturated heterocycles. The minimum atomic E-state index is 0.331. The van der Waals surface area contributed by atoms with Gasteiger partial charge in [0.1, 0.15) is 5.76 Å². The first-order valence-electron chi connectivity index (χ1n) is 5.72. The number of benzene rings is 1. The number of furan rings is 1. The van der Waals surface area contributed by atoms with Crippen LogP contribution in [0.3, 0.4) is 0 Å². The molecule has 19 heavy (non-hydrogen) atoms. The van der Waals surface area contributed by atoms with E-state index in [1.807, 2.05) is 31.2 Å². The lowest BCUT2D eigenvalue weighted by molar-refractivity contribution is 0.434. The van der Waals surface area contributed by atoms with Crippen LogP contribution in [0.5, 0.6) is 0 Å². The van der Waals surface area contributed by atoms with Crippen molar-refractivity contribution in [3.63, 3.8) is 0 Å². The molecule has 3 rings (SSSR count). The predicted molar refractivity (Wildman–Crippen MR) is 73.8 cm³/mol. The summed E-state index contributed by atoms with van der Waals surface area (Å²) < 4.78 is 10.6. The summed E-state index contributed by atoms with van der Waals surface area (Å²) in [4.78, 5) is 0. The average Bonchev–Trinajstić information content (AvgIpc) is 2.95. The summed E-state index contributed by atoms with van der Waals surface area (Å²) in [5.74, 6) is 1.67. The molecule has 0 aliphatic rings. The molecule has 5 heteroatoms. The van der Waals surface area contributed by atoms with Crippen LogP contribution in [0.15, 0.2) is 45.5 Å². The Morgan fingerprint density at radius 2 is 2.11 bits per heavy atom. The van der Waals surface area contributed by atoms with Crippen LogP contribution >= 0.6 is 11.6 Å². The first-order chi connectivity index (χ1) is 9.16. The van der Waals surface area contributed by atoms with E-state index in [1.165, 1.54) is 0 Å². The van der Waals surface area contributed by atoms with Gasteiger partial charge in [-0.3, -0.25) is 0 Å². The molecule has 2 aromatic heterocycles. The summed E-state index contributed by atoms with van der Waals surface area (Å²) >= 11 is 6.01. The van der Waals surface area contributed by atoms with Crippen LogP contribution in [0.1, 0.15) is 5.76 Å². The first-order valence-corrected chi connectivity index (χ1v) is 6.10. The van der Waals surface area contributed by atoms with E-state index < -0.39 is 0 Å². The van der Waals surface area contributed by atoms with Crippen LogP contribution in [0.4, 0.5) is 5.82 Å². The van der Waals surface area contributed by atoms with Gasteiger partial charge in [-0.05, 0) is 30.7 Å². The highest BCUT2D eigenvalue weighted by molar-refractivity contribution is 6.30. The molecule has 0 fully saturated rings. The number of aryl methyl sites for hydroxylation is 1. The van der Waals surface area contributed by atoms with Gasteiger partial charge in [-0.1, -0.05) is 28.9 Å². The maximum Gasteiger partial charge on any atom is 0.180 e. The molecule has 0 bridgehead atoms. The minimum absolute atomic E-state index is 0.331. The number of rotatable bonds is 2. The largest absolute Gasteiger partial charge is 0.469 e. The number of nitrogens with two attached hydrogens (primary N) is 1. The summed E-state index contributed by atoms with van der Waals surface area (Å²) in [6.07, 6.45) is 1.60. The Labute approximate surface area is 114 Å². The maximum absolute atomic E-state index is 6.01. The van der Waals surface area contributed by atoms with Crippen molar-refractivity contribution in [1.82, 2.24) is 5.16 Å². The van der Waals surface area contributed by atoms with Crippen molar-refractivity contribution in [1.29, 1.82) is 0 Å². The Bertz CT molecular complexity index is 731. The van der Waals surface area contributed by atoms with Crippen LogP contribution in [0, 0.1) is 6.92 Å². The summed E-state index contributed by atoms with van der Waals surface area (Å²) in [5, 5.41) is 4.47. The minimum Gasteiger partial charge on any atom is -0.469 e. The van der Waals surface area contributed by atoms with Gasteiger partial charge in [0, 0.05) is 5.02 Å². The van der Waals surface area contributed by atoms with Gasteiger partial charge in [-0.25, -0.2) is 0 Å². The fourth-order valence-corrected chi connectivity index (χ4v) is 2.22. The van der Waals surface area contributed by atoms with Gasteiger partial charge in [0.2, 0.25) is 0 Å². The van der Waals surface area contributed by atoms with Gasteiger partial charge in [-0.2, -0.15) is 0 Å². The molecule has 0 aliphatic heterocycles. The van der Waals surface area contributed by atoms with Gasteiger partial charge in [0.05, 0.1) is 17.4 Å². The Morgan fingerprint density at radius 3 is 2.79 bits per heavy atom. The standard InChI is InChI=1S/C14H11ClN2O2/c1-8-11(5-6-18-8)13-12(14(16)17-19-13)9-3-2-4-10(15)7-9/h2-7H,1H3,(H2,16,17). The van der Waals surface area contributed by atoms with E-state index in [-0.39, 0.29) is 0 Å². The van der Waals surface area contributed by atoms with Gasteiger partial charge in [-0.15, -0.1) is 0 Å². The third-order valence-corrected chi connectivity index (χ3v) is 3.17. The predicted octanol–water partition coefficient (Wildman–Crippen LogP) is 4.15.